The van der Waals surface area contributed by atoms with Gasteiger partial charge in [-0.2, -0.15) is 0 Å². The summed E-state index contributed by atoms with van der Waals surface area (Å²) in [5, 5.41) is 4.83. The van der Waals surface area contributed by atoms with Crippen LogP contribution in [0.3, 0.4) is 0 Å². The quantitative estimate of drug-likeness (QED) is 0.801. The van der Waals surface area contributed by atoms with Crippen LogP contribution in [0.15, 0.2) is 30.5 Å². The van der Waals surface area contributed by atoms with Crippen molar-refractivity contribution in [2.45, 2.75) is 26.8 Å². The molecular formula is C16H24N2O. The number of fused-ring (bicyclic) bond motifs is 1. The molecule has 2 rings (SSSR count). The van der Waals surface area contributed by atoms with Crippen LogP contribution in [0.1, 0.15) is 25.8 Å². The first-order valence-corrected chi connectivity index (χ1v) is 6.87. The normalized spacial score (nSPS) is 12.2. The number of H-pyrrole nitrogens is 1. The molecule has 2 N–H and O–H groups in total. The van der Waals surface area contributed by atoms with Gasteiger partial charge in [0.15, 0.2) is 0 Å². The van der Waals surface area contributed by atoms with E-state index in [9.17, 15) is 0 Å². The topological polar surface area (TPSA) is 37.0 Å². The minimum atomic E-state index is 0.264. The van der Waals surface area contributed by atoms with E-state index in [0.29, 0.717) is 0 Å². The zero-order valence-corrected chi connectivity index (χ0v) is 12.1. The summed E-state index contributed by atoms with van der Waals surface area (Å²) in [5.41, 5.74) is 2.83. The Bertz CT molecular complexity index is 516. The molecular weight excluding hydrogens is 236 g/mol. The molecule has 3 nitrogen and oxygen atoms in total. The van der Waals surface area contributed by atoms with Gasteiger partial charge in [-0.25, -0.2) is 0 Å². The molecule has 0 saturated heterocycles. The summed E-state index contributed by atoms with van der Waals surface area (Å²) in [6.45, 7) is 7.26. The van der Waals surface area contributed by atoms with Crippen molar-refractivity contribution in [1.82, 2.24) is 10.3 Å². The molecule has 0 atom stereocenters. The summed E-state index contributed by atoms with van der Waals surface area (Å²) in [5.74, 6) is 0. The van der Waals surface area contributed by atoms with Crippen LogP contribution in [0.5, 0.6) is 0 Å². The van der Waals surface area contributed by atoms with Crippen LogP contribution in [-0.2, 0) is 11.3 Å². The Labute approximate surface area is 115 Å². The summed E-state index contributed by atoms with van der Waals surface area (Å²) in [4.78, 5) is 3.31. The van der Waals surface area contributed by atoms with Gasteiger partial charge in [-0.3, -0.25) is 0 Å². The number of aromatic nitrogens is 1. The number of ether oxygens (including phenoxy) is 1. The number of aromatic amines is 1. The summed E-state index contributed by atoms with van der Waals surface area (Å²) in [7, 11) is 1.76. The molecule has 0 saturated carbocycles. The first-order chi connectivity index (χ1) is 9.12. The number of benzene rings is 1. The van der Waals surface area contributed by atoms with Crippen molar-refractivity contribution in [3.8, 4) is 0 Å². The lowest BCUT2D eigenvalue weighted by atomic mass is 9.89. The Kier molecular flexibility index (Phi) is 4.61. The fourth-order valence-electron chi connectivity index (χ4n) is 2.30. The zero-order valence-electron chi connectivity index (χ0n) is 12.1. The smallest absolute Gasteiger partial charge is 0.0499 e. The molecule has 1 aromatic heterocycles. The van der Waals surface area contributed by atoms with E-state index in [2.05, 4.69) is 48.4 Å². The van der Waals surface area contributed by atoms with E-state index in [1.54, 1.807) is 7.11 Å². The molecule has 0 spiro atoms. The van der Waals surface area contributed by atoms with Crippen molar-refractivity contribution >= 4 is 10.9 Å². The van der Waals surface area contributed by atoms with Crippen molar-refractivity contribution in [3.05, 3.63) is 36.0 Å². The summed E-state index contributed by atoms with van der Waals surface area (Å²) < 4.78 is 5.16. The number of para-hydroxylation sites is 1. The molecule has 0 aliphatic heterocycles. The molecule has 0 aliphatic carbocycles. The highest BCUT2D eigenvalue weighted by Gasteiger charge is 2.16. The fraction of sp³-hybridized carbons (Fsp3) is 0.500. The van der Waals surface area contributed by atoms with Crippen LogP contribution in [-0.4, -0.2) is 25.2 Å². The molecule has 2 aromatic rings. The fourth-order valence-corrected chi connectivity index (χ4v) is 2.30. The molecule has 19 heavy (non-hydrogen) atoms. The summed E-state index contributed by atoms with van der Waals surface area (Å²) >= 11 is 0. The lowest BCUT2D eigenvalue weighted by molar-refractivity contribution is 0.150. The SMILES string of the molecule is COCCC(C)(C)CNCc1cccc2cc[nH]c12. The van der Waals surface area contributed by atoms with E-state index >= 15 is 0 Å². The molecule has 0 aliphatic rings. The standard InChI is InChI=1S/C16H24N2O/c1-16(2,8-10-19-3)12-17-11-14-6-4-5-13-7-9-18-15(13)14/h4-7,9,17-18H,8,10-12H2,1-3H3. The highest BCUT2D eigenvalue weighted by molar-refractivity contribution is 5.82. The molecule has 0 bridgehead atoms. The molecule has 0 amide bonds. The Morgan fingerprint density at radius 3 is 2.89 bits per heavy atom. The third kappa shape index (κ3) is 3.82. The van der Waals surface area contributed by atoms with E-state index in [4.69, 9.17) is 4.74 Å². The molecule has 0 fully saturated rings. The van der Waals surface area contributed by atoms with Crippen LogP contribution in [0.4, 0.5) is 0 Å². The van der Waals surface area contributed by atoms with Gasteiger partial charge in [-0.05, 0) is 28.9 Å². The van der Waals surface area contributed by atoms with Crippen LogP contribution in [0, 0.1) is 5.41 Å². The van der Waals surface area contributed by atoms with E-state index in [0.717, 1.165) is 26.1 Å². The highest BCUT2D eigenvalue weighted by Crippen LogP contribution is 2.20. The zero-order chi connectivity index (χ0) is 13.7. The number of hydrogen-bond donors (Lipinski definition) is 2. The highest BCUT2D eigenvalue weighted by atomic mass is 16.5. The molecule has 1 heterocycles. The van der Waals surface area contributed by atoms with Gasteiger partial charge in [-0.15, -0.1) is 0 Å². The van der Waals surface area contributed by atoms with Crippen molar-refractivity contribution < 1.29 is 4.74 Å². The Morgan fingerprint density at radius 2 is 2.11 bits per heavy atom. The van der Waals surface area contributed by atoms with Gasteiger partial charge >= 0.3 is 0 Å². The second kappa shape index (κ2) is 6.22. The van der Waals surface area contributed by atoms with E-state index in [1.165, 1.54) is 16.5 Å². The Hall–Kier alpha value is -1.32. The molecule has 104 valence electrons. The average molecular weight is 260 g/mol. The number of hydrogen-bond acceptors (Lipinski definition) is 2. The molecule has 3 heteroatoms. The Balaban J connectivity index is 1.90. The van der Waals surface area contributed by atoms with Gasteiger partial charge in [0.1, 0.15) is 0 Å². The van der Waals surface area contributed by atoms with E-state index in [-0.39, 0.29) is 5.41 Å². The van der Waals surface area contributed by atoms with E-state index in [1.807, 2.05) is 6.20 Å². The third-order valence-electron chi connectivity index (χ3n) is 3.58. The van der Waals surface area contributed by atoms with Gasteiger partial charge in [-0.1, -0.05) is 32.0 Å². The van der Waals surface area contributed by atoms with Gasteiger partial charge in [0, 0.05) is 38.5 Å². The largest absolute Gasteiger partial charge is 0.385 e. The average Bonchev–Trinajstić information content (AvgIpc) is 2.85. The van der Waals surface area contributed by atoms with E-state index < -0.39 is 0 Å². The van der Waals surface area contributed by atoms with Crippen molar-refractivity contribution in [2.24, 2.45) is 5.41 Å². The van der Waals surface area contributed by atoms with Crippen molar-refractivity contribution in [1.29, 1.82) is 0 Å². The third-order valence-corrected chi connectivity index (χ3v) is 3.58. The number of rotatable bonds is 7. The maximum atomic E-state index is 5.16. The number of nitrogens with one attached hydrogen (secondary N) is 2. The monoisotopic (exact) mass is 260 g/mol. The van der Waals surface area contributed by atoms with Crippen molar-refractivity contribution in [3.63, 3.8) is 0 Å². The van der Waals surface area contributed by atoms with Gasteiger partial charge < -0.3 is 15.0 Å². The van der Waals surface area contributed by atoms with Crippen LogP contribution in [0.2, 0.25) is 0 Å². The Morgan fingerprint density at radius 1 is 1.26 bits per heavy atom. The summed E-state index contributed by atoms with van der Waals surface area (Å²) in [6.07, 6.45) is 3.07. The maximum Gasteiger partial charge on any atom is 0.0499 e. The summed E-state index contributed by atoms with van der Waals surface area (Å²) in [6, 6.07) is 8.54. The first-order valence-electron chi connectivity index (χ1n) is 6.87. The predicted molar refractivity (Wildman–Crippen MR) is 80.3 cm³/mol. The first kappa shape index (κ1) is 14.1. The second-order valence-electron chi connectivity index (χ2n) is 5.87. The van der Waals surface area contributed by atoms with Crippen molar-refractivity contribution in [2.75, 3.05) is 20.3 Å². The number of methoxy groups -OCH3 is 1. The second-order valence-corrected chi connectivity index (χ2v) is 5.87. The lowest BCUT2D eigenvalue weighted by Crippen LogP contribution is -2.30. The minimum Gasteiger partial charge on any atom is -0.385 e. The predicted octanol–water partition coefficient (Wildman–Crippen LogP) is 3.32. The van der Waals surface area contributed by atoms with Gasteiger partial charge in [0.2, 0.25) is 0 Å². The van der Waals surface area contributed by atoms with Gasteiger partial charge in [0.05, 0.1) is 0 Å². The van der Waals surface area contributed by atoms with Crippen LogP contribution < -0.4 is 5.32 Å². The van der Waals surface area contributed by atoms with Crippen LogP contribution in [0.25, 0.3) is 10.9 Å². The maximum absolute atomic E-state index is 5.16. The molecule has 0 unspecified atom stereocenters. The molecule has 0 radical (unpaired) electrons. The lowest BCUT2D eigenvalue weighted by Gasteiger charge is -2.24. The molecule has 1 aromatic carbocycles. The van der Waals surface area contributed by atoms with Gasteiger partial charge in [0.25, 0.3) is 0 Å². The van der Waals surface area contributed by atoms with Crippen LogP contribution >= 0.6 is 0 Å². The minimum absolute atomic E-state index is 0.264.